The standard InChI is InChI=1S/C23H29Cl2NO7/c1-22(2,3)33-21(29)26-11-12(17-16(30-6)8-7-15(24)18(17)25)9-13(26)10-14-19(27)31-23(4,5)32-20(14)28/h7-8,12-14H,9-11H2,1-6H3/t12-,13-/m0/s1. The third-order valence-corrected chi connectivity index (χ3v) is 6.35. The lowest BCUT2D eigenvalue weighted by atomic mass is 9.91. The average molecular weight is 502 g/mol. The Hall–Kier alpha value is -2.19. The smallest absolute Gasteiger partial charge is 0.410 e. The average Bonchev–Trinajstić information content (AvgIpc) is 3.08. The molecule has 2 saturated heterocycles. The number of carbonyl (C=O) groups is 3. The second-order valence-corrected chi connectivity index (χ2v) is 10.5. The molecule has 0 spiro atoms. The fourth-order valence-corrected chi connectivity index (χ4v) is 4.68. The van der Waals surface area contributed by atoms with E-state index < -0.39 is 41.4 Å². The summed E-state index contributed by atoms with van der Waals surface area (Å²) >= 11 is 12.8. The monoisotopic (exact) mass is 501 g/mol. The van der Waals surface area contributed by atoms with Crippen LogP contribution >= 0.6 is 23.2 Å². The van der Waals surface area contributed by atoms with Gasteiger partial charge in [-0.25, -0.2) is 4.79 Å². The van der Waals surface area contributed by atoms with Gasteiger partial charge in [-0.05, 0) is 45.7 Å². The molecular weight excluding hydrogens is 473 g/mol. The van der Waals surface area contributed by atoms with E-state index in [9.17, 15) is 14.4 Å². The summed E-state index contributed by atoms with van der Waals surface area (Å²) < 4.78 is 21.6. The molecule has 1 aromatic carbocycles. The summed E-state index contributed by atoms with van der Waals surface area (Å²) in [7, 11) is 1.52. The minimum Gasteiger partial charge on any atom is -0.496 e. The zero-order valence-electron chi connectivity index (χ0n) is 19.6. The Bertz CT molecular complexity index is 937. The van der Waals surface area contributed by atoms with E-state index in [1.54, 1.807) is 32.9 Å². The van der Waals surface area contributed by atoms with Crippen molar-refractivity contribution in [1.82, 2.24) is 4.90 Å². The van der Waals surface area contributed by atoms with Crippen LogP contribution in [0.15, 0.2) is 12.1 Å². The number of nitrogens with zero attached hydrogens (tertiary/aromatic N) is 1. The van der Waals surface area contributed by atoms with Gasteiger partial charge < -0.3 is 23.8 Å². The molecule has 1 aromatic rings. The van der Waals surface area contributed by atoms with Crippen LogP contribution in [0.1, 0.15) is 58.9 Å². The van der Waals surface area contributed by atoms with Crippen molar-refractivity contribution >= 4 is 41.2 Å². The van der Waals surface area contributed by atoms with Crippen molar-refractivity contribution in [3.63, 3.8) is 0 Å². The number of hydrogen-bond donors (Lipinski definition) is 0. The Balaban J connectivity index is 1.92. The Kier molecular flexibility index (Phi) is 7.10. The molecule has 182 valence electrons. The molecule has 10 heteroatoms. The molecule has 0 aromatic heterocycles. The zero-order valence-corrected chi connectivity index (χ0v) is 21.1. The highest BCUT2D eigenvalue weighted by atomic mass is 35.5. The molecule has 33 heavy (non-hydrogen) atoms. The van der Waals surface area contributed by atoms with Crippen molar-refractivity contribution in [3.8, 4) is 5.75 Å². The van der Waals surface area contributed by atoms with Crippen LogP contribution in [0.3, 0.4) is 0 Å². The van der Waals surface area contributed by atoms with Gasteiger partial charge in [-0.15, -0.1) is 0 Å². The van der Waals surface area contributed by atoms with Gasteiger partial charge in [0.2, 0.25) is 0 Å². The van der Waals surface area contributed by atoms with E-state index in [-0.39, 0.29) is 18.9 Å². The SMILES string of the molecule is COc1ccc(Cl)c(Cl)c1[C@H]1C[C@@H](CC2C(=O)OC(C)(C)OC2=O)N(C(=O)OC(C)(C)C)C1. The van der Waals surface area contributed by atoms with Gasteiger partial charge in [0, 0.05) is 37.9 Å². The number of rotatable bonds is 4. The normalized spacial score (nSPS) is 23.2. The van der Waals surface area contributed by atoms with Crippen molar-refractivity contribution in [2.75, 3.05) is 13.7 Å². The largest absolute Gasteiger partial charge is 0.496 e. The van der Waals surface area contributed by atoms with E-state index in [4.69, 9.17) is 42.1 Å². The number of benzene rings is 1. The number of amides is 1. The fraction of sp³-hybridized carbons (Fsp3) is 0.609. The zero-order chi connectivity index (χ0) is 24.7. The predicted octanol–water partition coefficient (Wildman–Crippen LogP) is 4.94. The molecule has 0 aliphatic carbocycles. The van der Waals surface area contributed by atoms with E-state index >= 15 is 0 Å². The lowest BCUT2D eigenvalue weighted by molar-refractivity contribution is -0.240. The van der Waals surface area contributed by atoms with Crippen LogP contribution in [0.4, 0.5) is 4.79 Å². The van der Waals surface area contributed by atoms with Crippen LogP contribution in [-0.4, -0.2) is 54.0 Å². The van der Waals surface area contributed by atoms with Crippen molar-refractivity contribution < 1.29 is 33.3 Å². The molecule has 0 bridgehead atoms. The maximum absolute atomic E-state index is 13.0. The number of cyclic esters (lactones) is 2. The van der Waals surface area contributed by atoms with Crippen LogP contribution in [0.5, 0.6) is 5.75 Å². The van der Waals surface area contributed by atoms with Gasteiger partial charge in [0.1, 0.15) is 11.4 Å². The fourth-order valence-electron chi connectivity index (χ4n) is 4.21. The molecular formula is C23H29Cl2NO7. The summed E-state index contributed by atoms with van der Waals surface area (Å²) in [6, 6.07) is 2.85. The summed E-state index contributed by atoms with van der Waals surface area (Å²) in [5.74, 6) is -3.55. The first kappa shape index (κ1) is 25.4. The molecule has 2 aliphatic rings. The first-order valence-corrected chi connectivity index (χ1v) is 11.4. The van der Waals surface area contributed by atoms with Gasteiger partial charge in [0.25, 0.3) is 5.79 Å². The van der Waals surface area contributed by atoms with Crippen molar-refractivity contribution in [2.24, 2.45) is 5.92 Å². The molecule has 2 atom stereocenters. The molecule has 0 unspecified atom stereocenters. The van der Waals surface area contributed by atoms with Crippen LogP contribution < -0.4 is 4.74 Å². The molecule has 0 saturated carbocycles. The number of carbonyl (C=O) groups excluding carboxylic acids is 3. The van der Waals surface area contributed by atoms with Gasteiger partial charge in [0.05, 0.1) is 17.2 Å². The van der Waals surface area contributed by atoms with E-state index in [1.165, 1.54) is 25.9 Å². The number of esters is 2. The van der Waals surface area contributed by atoms with Gasteiger partial charge in [-0.2, -0.15) is 0 Å². The van der Waals surface area contributed by atoms with E-state index in [0.29, 0.717) is 27.8 Å². The van der Waals surface area contributed by atoms with E-state index in [0.717, 1.165) is 0 Å². The number of hydrogen-bond acceptors (Lipinski definition) is 7. The Morgan fingerprint density at radius 1 is 1.18 bits per heavy atom. The highest BCUT2D eigenvalue weighted by molar-refractivity contribution is 6.42. The third kappa shape index (κ3) is 5.66. The summed E-state index contributed by atoms with van der Waals surface area (Å²) in [4.78, 5) is 39.7. The number of ether oxygens (including phenoxy) is 4. The molecule has 2 fully saturated rings. The van der Waals surface area contributed by atoms with E-state index in [2.05, 4.69) is 0 Å². The summed E-state index contributed by atoms with van der Waals surface area (Å²) in [6.45, 7) is 8.53. The number of likely N-dealkylation sites (tertiary alicyclic amines) is 1. The molecule has 8 nitrogen and oxygen atoms in total. The second-order valence-electron chi connectivity index (χ2n) is 9.73. The first-order valence-electron chi connectivity index (χ1n) is 10.7. The van der Waals surface area contributed by atoms with Gasteiger partial charge in [-0.1, -0.05) is 23.2 Å². The summed E-state index contributed by atoms with van der Waals surface area (Å²) in [6.07, 6.45) is -0.106. The van der Waals surface area contributed by atoms with Crippen LogP contribution in [0.25, 0.3) is 0 Å². The van der Waals surface area contributed by atoms with Crippen LogP contribution in [0, 0.1) is 5.92 Å². The summed E-state index contributed by atoms with van der Waals surface area (Å²) in [5.41, 5.74) is -0.0599. The van der Waals surface area contributed by atoms with Gasteiger partial charge >= 0.3 is 18.0 Å². The first-order chi connectivity index (χ1) is 15.2. The molecule has 3 rings (SSSR count). The summed E-state index contributed by atoms with van der Waals surface area (Å²) in [5, 5.41) is 0.699. The highest BCUT2D eigenvalue weighted by Crippen LogP contribution is 2.45. The lowest BCUT2D eigenvalue weighted by Gasteiger charge is -2.35. The molecule has 2 heterocycles. The Morgan fingerprint density at radius 2 is 1.79 bits per heavy atom. The maximum atomic E-state index is 13.0. The Labute approximate surface area is 203 Å². The van der Waals surface area contributed by atoms with Crippen molar-refractivity contribution in [1.29, 1.82) is 0 Å². The number of halogens is 2. The highest BCUT2D eigenvalue weighted by Gasteiger charge is 2.48. The third-order valence-electron chi connectivity index (χ3n) is 5.53. The topological polar surface area (TPSA) is 91.4 Å². The van der Waals surface area contributed by atoms with Crippen LogP contribution in [-0.2, 0) is 23.8 Å². The predicted molar refractivity (Wildman–Crippen MR) is 121 cm³/mol. The van der Waals surface area contributed by atoms with Crippen molar-refractivity contribution in [2.45, 2.75) is 70.8 Å². The Morgan fingerprint density at radius 3 is 2.33 bits per heavy atom. The molecule has 0 N–H and O–H groups in total. The van der Waals surface area contributed by atoms with Crippen molar-refractivity contribution in [3.05, 3.63) is 27.7 Å². The lowest BCUT2D eigenvalue weighted by Crippen LogP contribution is -2.49. The van der Waals surface area contributed by atoms with Crippen LogP contribution in [0.2, 0.25) is 10.0 Å². The quantitative estimate of drug-likeness (QED) is 0.426. The molecule has 1 amide bonds. The van der Waals surface area contributed by atoms with E-state index in [1.807, 2.05) is 0 Å². The maximum Gasteiger partial charge on any atom is 0.410 e. The molecule has 2 aliphatic heterocycles. The van der Waals surface area contributed by atoms with Gasteiger partial charge in [-0.3, -0.25) is 9.59 Å². The van der Waals surface area contributed by atoms with Gasteiger partial charge in [0.15, 0.2) is 5.92 Å². The minimum atomic E-state index is -1.32. The minimum absolute atomic E-state index is 0.0317. The number of methoxy groups -OCH3 is 1. The second kappa shape index (κ2) is 9.22. The molecule has 0 radical (unpaired) electrons.